The van der Waals surface area contributed by atoms with Gasteiger partial charge in [-0.05, 0) is 67.3 Å². The lowest BCUT2D eigenvalue weighted by atomic mass is 10.1. The number of aryl methyl sites for hydroxylation is 2. The Bertz CT molecular complexity index is 1410. The number of anilines is 1. The molecule has 0 saturated carbocycles. The van der Waals surface area contributed by atoms with E-state index in [0.717, 1.165) is 11.6 Å². The van der Waals surface area contributed by atoms with Crippen LogP contribution in [0.1, 0.15) is 36.3 Å². The number of benzene rings is 2. The fourth-order valence-electron chi connectivity index (χ4n) is 3.58. The van der Waals surface area contributed by atoms with E-state index in [1.54, 1.807) is 50.2 Å². The van der Waals surface area contributed by atoms with Crippen molar-refractivity contribution in [2.24, 2.45) is 5.92 Å². The van der Waals surface area contributed by atoms with Crippen molar-refractivity contribution in [3.63, 3.8) is 0 Å². The number of hydrogen-bond donors (Lipinski definition) is 1. The number of ether oxygens (including phenoxy) is 2. The molecule has 0 amide bonds. The van der Waals surface area contributed by atoms with Crippen molar-refractivity contribution < 1.29 is 32.2 Å². The summed E-state index contributed by atoms with van der Waals surface area (Å²) in [6.07, 6.45) is 2.50. The number of hydrogen-bond acceptors (Lipinski definition) is 6. The first kappa shape index (κ1) is 28.1. The Morgan fingerprint density at radius 2 is 1.86 bits per heavy atom. The summed E-state index contributed by atoms with van der Waals surface area (Å²) >= 11 is 6.43. The van der Waals surface area contributed by atoms with Gasteiger partial charge >= 0.3 is 5.97 Å². The highest BCUT2D eigenvalue weighted by molar-refractivity contribution is 7.92. The summed E-state index contributed by atoms with van der Waals surface area (Å²) in [4.78, 5) is 10.8. The van der Waals surface area contributed by atoms with E-state index in [9.17, 15) is 13.2 Å². The molecular weight excluding hydrogens is 518 g/mol. The zero-order chi connectivity index (χ0) is 27.3. The van der Waals surface area contributed by atoms with E-state index in [4.69, 9.17) is 30.6 Å². The second-order valence-corrected chi connectivity index (χ2v) is 11.1. The van der Waals surface area contributed by atoms with Crippen molar-refractivity contribution >= 4 is 39.4 Å². The van der Waals surface area contributed by atoms with Crippen LogP contribution in [0.25, 0.3) is 6.08 Å². The van der Waals surface area contributed by atoms with E-state index >= 15 is 0 Å². The lowest BCUT2D eigenvalue weighted by Crippen LogP contribution is -2.34. The molecule has 0 saturated heterocycles. The van der Waals surface area contributed by atoms with Gasteiger partial charge in [0.1, 0.15) is 23.9 Å². The number of sulfonamides is 1. The topological polar surface area (TPSA) is 106 Å². The average Bonchev–Trinajstić information content (AvgIpc) is 3.29. The monoisotopic (exact) mass is 547 g/mol. The van der Waals surface area contributed by atoms with Gasteiger partial charge in [0.05, 0.1) is 12.8 Å². The smallest absolute Gasteiger partial charge is 0.328 e. The summed E-state index contributed by atoms with van der Waals surface area (Å²) in [5.74, 6) is 0.243. The molecule has 1 aromatic heterocycles. The Balaban J connectivity index is 2.02. The van der Waals surface area contributed by atoms with Gasteiger partial charge in [0.2, 0.25) is 5.09 Å². The first-order valence-electron chi connectivity index (χ1n) is 11.5. The summed E-state index contributed by atoms with van der Waals surface area (Å²) < 4.78 is 45.6. The van der Waals surface area contributed by atoms with Gasteiger partial charge in [-0.1, -0.05) is 37.6 Å². The van der Waals surface area contributed by atoms with Crippen LogP contribution in [0.3, 0.4) is 0 Å². The lowest BCUT2D eigenvalue weighted by molar-refractivity contribution is -0.131. The van der Waals surface area contributed by atoms with Crippen molar-refractivity contribution in [2.75, 3.05) is 18.0 Å². The maximum absolute atomic E-state index is 13.6. The molecule has 0 aliphatic heterocycles. The Hall–Kier alpha value is -3.43. The van der Waals surface area contributed by atoms with Crippen LogP contribution >= 0.6 is 11.6 Å². The molecule has 10 heteroatoms. The first-order chi connectivity index (χ1) is 17.4. The molecule has 0 aliphatic carbocycles. The molecule has 0 radical (unpaired) electrons. The first-order valence-corrected chi connectivity index (χ1v) is 13.3. The van der Waals surface area contributed by atoms with E-state index in [1.807, 2.05) is 13.8 Å². The van der Waals surface area contributed by atoms with Crippen LogP contribution in [0.5, 0.6) is 11.5 Å². The summed E-state index contributed by atoms with van der Waals surface area (Å²) in [6, 6.07) is 11.5. The maximum Gasteiger partial charge on any atom is 0.328 e. The molecular formula is C27H30ClNO7S. The predicted molar refractivity (Wildman–Crippen MR) is 143 cm³/mol. The molecule has 0 unspecified atom stereocenters. The third kappa shape index (κ3) is 6.87. The fraction of sp³-hybridized carbons (Fsp3) is 0.296. The molecule has 1 N–H and O–H groups in total. The standard InChI is InChI=1S/C27H30ClNO7S/c1-17(2)15-29(37(32,33)27-11-6-19(4)36-27)23-14-22(28)18(3)12-25(23)35-16-21-9-7-20(8-10-26(30)31)13-24(21)34-5/h6-14,17H,15-16H2,1-5H3,(H,30,31)/b10-8+. The van der Waals surface area contributed by atoms with Crippen LogP contribution in [0.2, 0.25) is 5.02 Å². The molecule has 8 nitrogen and oxygen atoms in total. The Morgan fingerprint density at radius 3 is 2.46 bits per heavy atom. The van der Waals surface area contributed by atoms with E-state index in [1.165, 1.54) is 23.6 Å². The normalized spacial score (nSPS) is 11.8. The van der Waals surface area contributed by atoms with E-state index in [2.05, 4.69) is 0 Å². The molecule has 3 aromatic rings. The molecule has 0 atom stereocenters. The van der Waals surface area contributed by atoms with Gasteiger partial charge < -0.3 is 19.0 Å². The van der Waals surface area contributed by atoms with Gasteiger partial charge in [-0.3, -0.25) is 4.31 Å². The summed E-state index contributed by atoms with van der Waals surface area (Å²) in [6.45, 7) is 7.55. The fourth-order valence-corrected chi connectivity index (χ4v) is 5.33. The average molecular weight is 548 g/mol. The molecule has 3 rings (SSSR count). The number of furan rings is 1. The lowest BCUT2D eigenvalue weighted by Gasteiger charge is -2.27. The zero-order valence-electron chi connectivity index (χ0n) is 21.3. The second-order valence-electron chi connectivity index (χ2n) is 8.90. The zero-order valence-corrected chi connectivity index (χ0v) is 22.9. The predicted octanol–water partition coefficient (Wildman–Crippen LogP) is 6.09. The van der Waals surface area contributed by atoms with Gasteiger partial charge in [0, 0.05) is 23.2 Å². The quantitative estimate of drug-likeness (QED) is 0.290. The third-order valence-corrected chi connectivity index (χ3v) is 7.47. The van der Waals surface area contributed by atoms with Gasteiger partial charge in [-0.15, -0.1) is 0 Å². The largest absolute Gasteiger partial charge is 0.496 e. The van der Waals surface area contributed by atoms with Gasteiger partial charge in [-0.25, -0.2) is 4.79 Å². The molecule has 198 valence electrons. The third-order valence-electron chi connectivity index (χ3n) is 5.41. The number of nitrogens with zero attached hydrogens (tertiary/aromatic N) is 1. The number of halogens is 1. The molecule has 0 spiro atoms. The number of methoxy groups -OCH3 is 1. The number of rotatable bonds is 11. The van der Waals surface area contributed by atoms with Crippen LogP contribution in [-0.4, -0.2) is 33.1 Å². The van der Waals surface area contributed by atoms with Crippen molar-refractivity contribution in [2.45, 2.75) is 39.4 Å². The van der Waals surface area contributed by atoms with Crippen LogP contribution in [-0.2, 0) is 21.4 Å². The number of aliphatic carboxylic acids is 1. The Labute approximate surface area is 222 Å². The highest BCUT2D eigenvalue weighted by atomic mass is 35.5. The van der Waals surface area contributed by atoms with Crippen LogP contribution in [0.4, 0.5) is 5.69 Å². The Morgan fingerprint density at radius 1 is 1.14 bits per heavy atom. The molecule has 0 aliphatic rings. The Kier molecular flexibility index (Phi) is 8.94. The van der Waals surface area contributed by atoms with Crippen molar-refractivity contribution in [1.82, 2.24) is 0 Å². The number of carboxylic acid groups (broad SMARTS) is 1. The van der Waals surface area contributed by atoms with Crippen molar-refractivity contribution in [3.05, 3.63) is 76.0 Å². The molecule has 1 heterocycles. The van der Waals surface area contributed by atoms with E-state index in [-0.39, 0.29) is 24.2 Å². The van der Waals surface area contributed by atoms with Gasteiger partial charge in [0.25, 0.3) is 10.0 Å². The van der Waals surface area contributed by atoms with Crippen molar-refractivity contribution in [1.29, 1.82) is 0 Å². The summed E-state index contributed by atoms with van der Waals surface area (Å²) in [7, 11) is -2.54. The minimum Gasteiger partial charge on any atom is -0.496 e. The highest BCUT2D eigenvalue weighted by Crippen LogP contribution is 2.38. The molecule has 0 fully saturated rings. The summed E-state index contributed by atoms with van der Waals surface area (Å²) in [5.41, 5.74) is 2.35. The molecule has 0 bridgehead atoms. The summed E-state index contributed by atoms with van der Waals surface area (Å²) in [5, 5.41) is 9.10. The maximum atomic E-state index is 13.6. The number of carbonyl (C=O) groups is 1. The highest BCUT2D eigenvalue weighted by Gasteiger charge is 2.31. The molecule has 37 heavy (non-hydrogen) atoms. The minimum absolute atomic E-state index is 0.00902. The second kappa shape index (κ2) is 11.7. The van der Waals surface area contributed by atoms with Gasteiger partial charge in [-0.2, -0.15) is 8.42 Å². The van der Waals surface area contributed by atoms with Crippen LogP contribution < -0.4 is 13.8 Å². The molecule has 2 aromatic carbocycles. The van der Waals surface area contributed by atoms with Gasteiger partial charge in [0.15, 0.2) is 0 Å². The van der Waals surface area contributed by atoms with Crippen LogP contribution in [0.15, 0.2) is 58.1 Å². The SMILES string of the molecule is COc1cc(/C=C/C(=O)O)ccc1COc1cc(C)c(Cl)cc1N(CC(C)C)S(=O)(=O)c1ccc(C)o1. The van der Waals surface area contributed by atoms with Crippen molar-refractivity contribution in [3.8, 4) is 11.5 Å². The van der Waals surface area contributed by atoms with Crippen LogP contribution in [0, 0.1) is 19.8 Å². The van der Waals surface area contributed by atoms with E-state index < -0.39 is 16.0 Å². The number of carboxylic acids is 1. The minimum atomic E-state index is -4.05. The van der Waals surface area contributed by atoms with E-state index in [0.29, 0.717) is 39.1 Å².